The number of hydrogen-bond acceptors (Lipinski definition) is 3. The van der Waals surface area contributed by atoms with Crippen LogP contribution in [0.5, 0.6) is 5.75 Å². The van der Waals surface area contributed by atoms with Gasteiger partial charge in [0, 0.05) is 34.4 Å². The fraction of sp³-hybridized carbons (Fsp3) is 0.118. The first-order chi connectivity index (χ1) is 9.69. The number of methoxy groups -OCH3 is 1. The zero-order chi connectivity index (χ0) is 14.1. The van der Waals surface area contributed by atoms with Gasteiger partial charge in [-0.05, 0) is 42.8 Å². The Bertz CT molecular complexity index is 781. The number of ether oxygens (including phenoxy) is 1. The Balaban J connectivity index is 2.27. The average Bonchev–Trinajstić information content (AvgIpc) is 2.47. The maximum absolute atomic E-state index is 6.16. The van der Waals surface area contributed by atoms with E-state index >= 15 is 0 Å². The summed E-state index contributed by atoms with van der Waals surface area (Å²) in [5.41, 5.74) is 10.2. The summed E-state index contributed by atoms with van der Waals surface area (Å²) < 4.78 is 5.45. The predicted molar refractivity (Wildman–Crippen MR) is 82.9 cm³/mol. The summed E-state index contributed by atoms with van der Waals surface area (Å²) >= 11 is 0. The monoisotopic (exact) mass is 264 g/mol. The lowest BCUT2D eigenvalue weighted by Gasteiger charge is -2.12. The second kappa shape index (κ2) is 4.85. The van der Waals surface area contributed by atoms with Gasteiger partial charge in [0.1, 0.15) is 5.75 Å². The van der Waals surface area contributed by atoms with Crippen molar-refractivity contribution in [1.82, 2.24) is 4.98 Å². The van der Waals surface area contributed by atoms with Gasteiger partial charge in [0.25, 0.3) is 0 Å². The highest BCUT2D eigenvalue weighted by atomic mass is 16.5. The number of pyridine rings is 1. The molecule has 20 heavy (non-hydrogen) atoms. The molecule has 2 N–H and O–H groups in total. The third-order valence-corrected chi connectivity index (χ3v) is 3.45. The molecule has 0 radical (unpaired) electrons. The first-order valence-electron chi connectivity index (χ1n) is 6.47. The Morgan fingerprint density at radius 1 is 1.10 bits per heavy atom. The van der Waals surface area contributed by atoms with Crippen molar-refractivity contribution >= 4 is 16.5 Å². The Hall–Kier alpha value is -2.55. The molecule has 3 aromatic rings. The van der Waals surface area contributed by atoms with Crippen molar-refractivity contribution in [3.8, 4) is 16.9 Å². The molecule has 1 heterocycles. The molecule has 1 aromatic heterocycles. The zero-order valence-electron chi connectivity index (χ0n) is 11.6. The average molecular weight is 264 g/mol. The number of benzene rings is 2. The molecule has 0 saturated heterocycles. The summed E-state index contributed by atoms with van der Waals surface area (Å²) in [5.74, 6) is 0.846. The van der Waals surface area contributed by atoms with Crippen LogP contribution < -0.4 is 10.5 Å². The van der Waals surface area contributed by atoms with Crippen molar-refractivity contribution in [3.05, 3.63) is 54.4 Å². The van der Waals surface area contributed by atoms with Crippen molar-refractivity contribution in [2.24, 2.45) is 0 Å². The van der Waals surface area contributed by atoms with Crippen molar-refractivity contribution in [1.29, 1.82) is 0 Å². The largest absolute Gasteiger partial charge is 0.496 e. The number of nitrogens with zero attached hydrogens (tertiary/aromatic N) is 1. The molecule has 0 unspecified atom stereocenters. The number of hydrogen-bond donors (Lipinski definition) is 1. The van der Waals surface area contributed by atoms with Crippen molar-refractivity contribution in [2.45, 2.75) is 6.92 Å². The molecular formula is C17H16N2O. The van der Waals surface area contributed by atoms with E-state index in [0.717, 1.165) is 33.3 Å². The van der Waals surface area contributed by atoms with Gasteiger partial charge >= 0.3 is 0 Å². The molecule has 0 bridgehead atoms. The lowest BCUT2D eigenvalue weighted by molar-refractivity contribution is 0.416. The molecule has 0 spiro atoms. The lowest BCUT2D eigenvalue weighted by Crippen LogP contribution is -1.92. The minimum Gasteiger partial charge on any atom is -0.496 e. The molecule has 0 aliphatic rings. The highest BCUT2D eigenvalue weighted by molar-refractivity contribution is 5.96. The molecule has 0 atom stereocenters. The van der Waals surface area contributed by atoms with Crippen LogP contribution >= 0.6 is 0 Å². The fourth-order valence-electron chi connectivity index (χ4n) is 2.44. The first kappa shape index (κ1) is 12.5. The van der Waals surface area contributed by atoms with Crippen LogP contribution in [-0.4, -0.2) is 12.1 Å². The van der Waals surface area contributed by atoms with Crippen LogP contribution in [0.2, 0.25) is 0 Å². The van der Waals surface area contributed by atoms with Gasteiger partial charge in [0.05, 0.1) is 7.11 Å². The van der Waals surface area contributed by atoms with Gasteiger partial charge < -0.3 is 10.5 Å². The summed E-state index contributed by atoms with van der Waals surface area (Å²) in [6.07, 6.45) is 3.59. The van der Waals surface area contributed by atoms with Crippen LogP contribution in [0, 0.1) is 6.92 Å². The summed E-state index contributed by atoms with van der Waals surface area (Å²) in [6, 6.07) is 12.1. The predicted octanol–water partition coefficient (Wildman–Crippen LogP) is 3.80. The molecule has 3 nitrogen and oxygen atoms in total. The number of nitrogens with two attached hydrogens (primary N) is 1. The van der Waals surface area contributed by atoms with E-state index in [-0.39, 0.29) is 0 Å². The standard InChI is InChI=1S/C17H16N2O/c1-11-3-4-17(20-2)15(7-11)12-8-13-10-19-6-5-14(13)16(18)9-12/h3-10H,18H2,1-2H3. The van der Waals surface area contributed by atoms with Crippen molar-refractivity contribution < 1.29 is 4.74 Å². The number of aromatic nitrogens is 1. The first-order valence-corrected chi connectivity index (χ1v) is 6.47. The third-order valence-electron chi connectivity index (χ3n) is 3.45. The molecule has 0 saturated carbocycles. The lowest BCUT2D eigenvalue weighted by atomic mass is 9.99. The van der Waals surface area contributed by atoms with E-state index in [1.165, 1.54) is 5.56 Å². The molecule has 2 aromatic carbocycles. The molecule has 0 aliphatic heterocycles. The van der Waals surface area contributed by atoms with E-state index in [2.05, 4.69) is 24.0 Å². The molecule has 3 heteroatoms. The quantitative estimate of drug-likeness (QED) is 0.716. The number of fused-ring (bicyclic) bond motifs is 1. The molecule has 3 rings (SSSR count). The van der Waals surface area contributed by atoms with E-state index in [1.807, 2.05) is 30.5 Å². The van der Waals surface area contributed by atoms with Gasteiger partial charge in [-0.25, -0.2) is 0 Å². The maximum atomic E-state index is 6.16. The van der Waals surface area contributed by atoms with E-state index in [9.17, 15) is 0 Å². The minimum absolute atomic E-state index is 0.753. The Kier molecular flexibility index (Phi) is 3.03. The van der Waals surface area contributed by atoms with E-state index in [1.54, 1.807) is 13.3 Å². The van der Waals surface area contributed by atoms with E-state index in [0.29, 0.717) is 0 Å². The van der Waals surface area contributed by atoms with Crippen molar-refractivity contribution in [3.63, 3.8) is 0 Å². The number of anilines is 1. The smallest absolute Gasteiger partial charge is 0.126 e. The molecule has 0 amide bonds. The SMILES string of the molecule is COc1ccc(C)cc1-c1cc(N)c2ccncc2c1. The minimum atomic E-state index is 0.753. The highest BCUT2D eigenvalue weighted by Gasteiger charge is 2.09. The van der Waals surface area contributed by atoms with Gasteiger partial charge in [-0.1, -0.05) is 11.6 Å². The topological polar surface area (TPSA) is 48.1 Å². The third kappa shape index (κ3) is 2.07. The van der Waals surface area contributed by atoms with E-state index in [4.69, 9.17) is 10.5 Å². The second-order valence-corrected chi connectivity index (χ2v) is 4.87. The number of aryl methyl sites for hydroxylation is 1. The summed E-state index contributed by atoms with van der Waals surface area (Å²) in [4.78, 5) is 4.16. The molecule has 0 fully saturated rings. The van der Waals surface area contributed by atoms with Gasteiger partial charge in [-0.2, -0.15) is 0 Å². The molecular weight excluding hydrogens is 248 g/mol. The fourth-order valence-corrected chi connectivity index (χ4v) is 2.44. The van der Waals surface area contributed by atoms with Gasteiger partial charge in [-0.3, -0.25) is 4.98 Å². The second-order valence-electron chi connectivity index (χ2n) is 4.87. The molecule has 100 valence electrons. The zero-order valence-corrected chi connectivity index (χ0v) is 11.6. The van der Waals surface area contributed by atoms with Crippen LogP contribution in [0.25, 0.3) is 21.9 Å². The molecule has 0 aliphatic carbocycles. The highest BCUT2D eigenvalue weighted by Crippen LogP contribution is 2.34. The van der Waals surface area contributed by atoms with Gasteiger partial charge in [0.15, 0.2) is 0 Å². The van der Waals surface area contributed by atoms with E-state index < -0.39 is 0 Å². The van der Waals surface area contributed by atoms with Gasteiger partial charge in [-0.15, -0.1) is 0 Å². The van der Waals surface area contributed by atoms with Crippen LogP contribution in [0.4, 0.5) is 5.69 Å². The number of nitrogen functional groups attached to an aromatic ring is 1. The van der Waals surface area contributed by atoms with Gasteiger partial charge in [0.2, 0.25) is 0 Å². The van der Waals surface area contributed by atoms with Crippen LogP contribution in [0.1, 0.15) is 5.56 Å². The van der Waals surface area contributed by atoms with Crippen LogP contribution in [0.3, 0.4) is 0 Å². The summed E-state index contributed by atoms with van der Waals surface area (Å²) in [6.45, 7) is 2.06. The van der Waals surface area contributed by atoms with Crippen LogP contribution in [-0.2, 0) is 0 Å². The normalized spacial score (nSPS) is 10.7. The Labute approximate surface area is 118 Å². The van der Waals surface area contributed by atoms with Crippen molar-refractivity contribution in [2.75, 3.05) is 12.8 Å². The summed E-state index contributed by atoms with van der Waals surface area (Å²) in [7, 11) is 1.68. The summed E-state index contributed by atoms with van der Waals surface area (Å²) in [5, 5.41) is 2.06. The van der Waals surface area contributed by atoms with Crippen LogP contribution in [0.15, 0.2) is 48.8 Å². The maximum Gasteiger partial charge on any atom is 0.126 e. The number of rotatable bonds is 2. The Morgan fingerprint density at radius 2 is 1.95 bits per heavy atom. The Morgan fingerprint density at radius 3 is 2.75 bits per heavy atom.